The molecule has 5 heterocycles. The predicted octanol–water partition coefficient (Wildman–Crippen LogP) is 5.08. The number of halogens is 3. The van der Waals surface area contributed by atoms with Crippen LogP contribution in [0.2, 0.25) is 0 Å². The van der Waals surface area contributed by atoms with Gasteiger partial charge in [-0.25, -0.2) is 31.3 Å². The number of imide groups is 2. The summed E-state index contributed by atoms with van der Waals surface area (Å²) in [6, 6.07) is 11.6. The Hall–Kier alpha value is -6.16. The van der Waals surface area contributed by atoms with Gasteiger partial charge in [-0.2, -0.15) is 4.98 Å². The number of sulfonamides is 1. The fraction of sp³-hybridized carbons (Fsp3) is 0.435. The van der Waals surface area contributed by atoms with Gasteiger partial charge in [-0.3, -0.25) is 39.2 Å². The Labute approximate surface area is 397 Å². The van der Waals surface area contributed by atoms with E-state index in [1.165, 1.54) is 12.1 Å². The molecule has 0 radical (unpaired) electrons. The molecule has 4 amide bonds. The van der Waals surface area contributed by atoms with Crippen molar-refractivity contribution in [3.63, 3.8) is 0 Å². The van der Waals surface area contributed by atoms with Crippen LogP contribution in [0.25, 0.3) is 0 Å². The van der Waals surface area contributed by atoms with E-state index in [-0.39, 0.29) is 28.8 Å². The number of rotatable bonds is 14. The minimum absolute atomic E-state index is 0.0877. The number of aryl methyl sites for hydroxylation is 1. The maximum Gasteiger partial charge on any atom is 0.265 e. The molecule has 8 rings (SSSR count). The van der Waals surface area contributed by atoms with E-state index in [0.29, 0.717) is 65.9 Å². The summed E-state index contributed by atoms with van der Waals surface area (Å²) in [5, 5.41) is 8.18. The molecular formula is C46H53F3N10O7S. The SMILES string of the molecule is [2H]C1([2H])N(CC2CCN(CCOc3ccc(Nc4ncc(C)c(Nc5cccc(S(=O)(=O)NC(C)(C)C)c5)n4)cc3)CC2)C([2H])([2H])C([2H])([2H])N(c2c(F)c(F)c3c(c2F)C(=O)N(C2CCC(=O)NC2=O)C3=O)C1([2H])[2H]. The van der Waals surface area contributed by atoms with Crippen LogP contribution in [0.3, 0.4) is 0 Å². The van der Waals surface area contributed by atoms with Crippen molar-refractivity contribution in [1.29, 1.82) is 0 Å². The van der Waals surface area contributed by atoms with E-state index in [2.05, 4.69) is 25.3 Å². The number of carbonyl (C=O) groups excluding carboxylic acids is 4. The molecular weight excluding hydrogens is 894 g/mol. The lowest BCUT2D eigenvalue weighted by atomic mass is 9.96. The van der Waals surface area contributed by atoms with Crippen molar-refractivity contribution < 1.29 is 56.5 Å². The second-order valence-electron chi connectivity index (χ2n) is 17.4. The number of ether oxygens (including phenoxy) is 1. The van der Waals surface area contributed by atoms with Crippen LogP contribution in [0.5, 0.6) is 5.75 Å². The van der Waals surface area contributed by atoms with Crippen LogP contribution < -0.4 is 30.3 Å². The molecule has 21 heteroatoms. The molecule has 3 aromatic carbocycles. The van der Waals surface area contributed by atoms with E-state index < -0.39 is 129 Å². The van der Waals surface area contributed by atoms with Gasteiger partial charge in [-0.05, 0) is 108 Å². The predicted molar refractivity (Wildman–Crippen MR) is 243 cm³/mol. The Morgan fingerprint density at radius 1 is 0.866 bits per heavy atom. The fourth-order valence-corrected chi connectivity index (χ4v) is 9.41. The van der Waals surface area contributed by atoms with Crippen LogP contribution in [-0.2, 0) is 19.6 Å². The molecule has 356 valence electrons. The number of amides is 4. The van der Waals surface area contributed by atoms with Gasteiger partial charge in [0.05, 0.1) is 21.5 Å². The quantitative estimate of drug-likeness (QED) is 0.0965. The van der Waals surface area contributed by atoms with Gasteiger partial charge in [0.2, 0.25) is 27.8 Å². The maximum absolute atomic E-state index is 16.6. The maximum atomic E-state index is 16.6. The first-order chi connectivity index (χ1) is 34.9. The van der Waals surface area contributed by atoms with Gasteiger partial charge in [0.15, 0.2) is 17.5 Å². The Balaban J connectivity index is 0.870. The van der Waals surface area contributed by atoms with Crippen molar-refractivity contribution >= 4 is 62.5 Å². The van der Waals surface area contributed by atoms with E-state index in [1.807, 2.05) is 10.2 Å². The lowest BCUT2D eigenvalue weighted by Crippen LogP contribution is -2.54. The Morgan fingerprint density at radius 3 is 2.22 bits per heavy atom. The molecule has 1 atom stereocenters. The van der Waals surface area contributed by atoms with Gasteiger partial charge >= 0.3 is 0 Å². The fourth-order valence-electron chi connectivity index (χ4n) is 7.95. The van der Waals surface area contributed by atoms with Crippen LogP contribution >= 0.6 is 0 Å². The van der Waals surface area contributed by atoms with Crippen LogP contribution in [0.1, 0.15) is 83.7 Å². The molecule has 4 aliphatic rings. The Morgan fingerprint density at radius 2 is 1.55 bits per heavy atom. The molecule has 0 spiro atoms. The number of aromatic nitrogens is 2. The zero-order chi connectivity index (χ0) is 55.0. The normalized spacial score (nSPS) is 23.7. The molecule has 67 heavy (non-hydrogen) atoms. The first kappa shape index (κ1) is 37.9. The molecule has 0 bridgehead atoms. The third-order valence-corrected chi connectivity index (χ3v) is 13.0. The van der Waals surface area contributed by atoms with E-state index >= 15 is 13.2 Å². The van der Waals surface area contributed by atoms with E-state index in [9.17, 15) is 27.6 Å². The zero-order valence-corrected chi connectivity index (χ0v) is 37.6. The van der Waals surface area contributed by atoms with E-state index in [1.54, 1.807) is 70.3 Å². The summed E-state index contributed by atoms with van der Waals surface area (Å²) < 4.78 is 154. The highest BCUT2D eigenvalue weighted by Gasteiger charge is 2.49. The monoisotopic (exact) mass is 954 g/mol. The molecule has 0 saturated carbocycles. The molecule has 4 aromatic rings. The number of benzene rings is 3. The number of likely N-dealkylation sites (tertiary alicyclic amines) is 1. The number of anilines is 5. The molecule has 4 aliphatic heterocycles. The molecule has 1 unspecified atom stereocenters. The van der Waals surface area contributed by atoms with Gasteiger partial charge < -0.3 is 20.3 Å². The highest BCUT2D eigenvalue weighted by Crippen LogP contribution is 2.39. The summed E-state index contributed by atoms with van der Waals surface area (Å²) >= 11 is 0. The summed E-state index contributed by atoms with van der Waals surface area (Å²) in [4.78, 5) is 62.0. The number of piperazine rings is 1. The smallest absolute Gasteiger partial charge is 0.265 e. The van der Waals surface area contributed by atoms with Gasteiger partial charge in [-0.15, -0.1) is 0 Å². The van der Waals surface area contributed by atoms with Gasteiger partial charge in [0.25, 0.3) is 11.8 Å². The number of carbonyl (C=O) groups is 4. The average molecular weight is 955 g/mol. The zero-order valence-electron chi connectivity index (χ0n) is 44.8. The van der Waals surface area contributed by atoms with Gasteiger partial charge in [0.1, 0.15) is 29.9 Å². The summed E-state index contributed by atoms with van der Waals surface area (Å²) in [5.41, 5.74) is -3.82. The van der Waals surface area contributed by atoms with Crippen molar-refractivity contribution in [2.75, 3.05) is 74.3 Å². The second kappa shape index (κ2) is 19.2. The minimum Gasteiger partial charge on any atom is -0.492 e. The molecule has 3 saturated heterocycles. The van der Waals surface area contributed by atoms with Crippen molar-refractivity contribution in [2.45, 2.75) is 69.9 Å². The lowest BCUT2D eigenvalue weighted by Gasteiger charge is -2.39. The topological polar surface area (TPSA) is 199 Å². The largest absolute Gasteiger partial charge is 0.492 e. The number of fused-ring (bicyclic) bond motifs is 1. The van der Waals surface area contributed by atoms with Crippen molar-refractivity contribution in [3.8, 4) is 5.75 Å². The molecule has 1 aromatic heterocycles. The van der Waals surface area contributed by atoms with E-state index in [4.69, 9.17) is 15.7 Å². The summed E-state index contributed by atoms with van der Waals surface area (Å²) in [6.07, 6.45) is 1.43. The standard InChI is InChI=1S/C46H53F3N10O7S/c1-27-25-50-45(54-41(27)51-30-6-5-7-32(24-30)67(64,65)55-46(2,3)4)52-29-8-10-31(11-9-29)66-23-22-56-16-14-28(15-17-56)26-57-18-20-58(21-19-57)40-38(48)36-35(37(47)39(40)49)43(62)59(44(36)63)33-12-13-34(60)53-42(33)61/h5-11,24-25,28,33,55H,12-23,26H2,1-4H3,(H,53,60,61)(H2,50,51,52,54)/i18D2,19D2,20D2,21D2. The summed E-state index contributed by atoms with van der Waals surface area (Å²) in [7, 11) is -3.78. The number of hydrogen-bond donors (Lipinski definition) is 4. The van der Waals surface area contributed by atoms with Crippen molar-refractivity contribution in [3.05, 3.63) is 88.9 Å². The Kier molecular flexibility index (Phi) is 10.9. The molecule has 17 nitrogen and oxygen atoms in total. The Bertz CT molecular complexity index is 3050. The minimum atomic E-state index is -3.89. The van der Waals surface area contributed by atoms with Crippen LogP contribution in [0.4, 0.5) is 42.0 Å². The first-order valence-corrected chi connectivity index (χ1v) is 22.8. The number of nitrogens with one attached hydrogen (secondary N) is 4. The summed E-state index contributed by atoms with van der Waals surface area (Å²) in [5.74, 6) is -11.4. The van der Waals surface area contributed by atoms with Crippen LogP contribution in [0, 0.1) is 30.3 Å². The third kappa shape index (κ3) is 10.5. The van der Waals surface area contributed by atoms with Crippen molar-refractivity contribution in [1.82, 2.24) is 34.7 Å². The number of piperidine rings is 2. The number of hydrogen-bond acceptors (Lipinski definition) is 14. The number of nitrogens with zero attached hydrogens (tertiary/aromatic N) is 6. The average Bonchev–Trinajstić information content (AvgIpc) is 3.58. The lowest BCUT2D eigenvalue weighted by molar-refractivity contribution is -0.136. The molecule has 4 N–H and O–H groups in total. The van der Waals surface area contributed by atoms with Gasteiger partial charge in [0, 0.05) is 79.7 Å². The third-order valence-electron chi connectivity index (χ3n) is 11.3. The van der Waals surface area contributed by atoms with Crippen LogP contribution in [-0.4, -0.2) is 127 Å². The van der Waals surface area contributed by atoms with Gasteiger partial charge in [-0.1, -0.05) is 6.07 Å². The van der Waals surface area contributed by atoms with E-state index in [0.717, 1.165) is 0 Å². The molecule has 3 fully saturated rings. The highest BCUT2D eigenvalue weighted by molar-refractivity contribution is 7.89. The summed E-state index contributed by atoms with van der Waals surface area (Å²) in [6.45, 7) is -6.97. The first-order valence-electron chi connectivity index (χ1n) is 25.3. The molecule has 0 aliphatic carbocycles. The highest BCUT2D eigenvalue weighted by atomic mass is 32.2. The van der Waals surface area contributed by atoms with Crippen molar-refractivity contribution in [2.24, 2.45) is 5.92 Å². The van der Waals surface area contributed by atoms with Crippen LogP contribution in [0.15, 0.2) is 59.6 Å². The second-order valence-corrected chi connectivity index (χ2v) is 19.1.